The highest BCUT2D eigenvalue weighted by molar-refractivity contribution is 5.85. The maximum Gasteiger partial charge on any atom is 0.0705 e. The molecule has 0 atom stereocenters. The van der Waals surface area contributed by atoms with E-state index >= 15 is 0 Å². The number of para-hydroxylation sites is 1. The molecule has 1 aromatic carbocycles. The number of rotatable bonds is 3. The Morgan fingerprint density at radius 2 is 1.93 bits per heavy atom. The first-order valence-electron chi connectivity index (χ1n) is 5.06. The lowest BCUT2D eigenvalue weighted by molar-refractivity contribution is 0.275. The van der Waals surface area contributed by atoms with Crippen LogP contribution in [0.25, 0.3) is 10.9 Å². The first-order chi connectivity index (χ1) is 7.29. The van der Waals surface area contributed by atoms with Crippen molar-refractivity contribution >= 4 is 10.9 Å². The molecular weight excluding hydrogens is 190 g/mol. The molecule has 3 nitrogen and oxygen atoms in total. The third-order valence-corrected chi connectivity index (χ3v) is 2.85. The minimum atomic E-state index is 0.0245. The van der Waals surface area contributed by atoms with E-state index in [1.165, 1.54) is 0 Å². The molecule has 3 heteroatoms. The Bertz CT molecular complexity index is 474. The summed E-state index contributed by atoms with van der Waals surface area (Å²) in [6, 6.07) is 7.97. The van der Waals surface area contributed by atoms with E-state index in [1.807, 2.05) is 35.9 Å². The quantitative estimate of drug-likeness (QED) is 0.791. The van der Waals surface area contributed by atoms with E-state index < -0.39 is 0 Å². The second-order valence-electron chi connectivity index (χ2n) is 3.63. The van der Waals surface area contributed by atoms with Crippen LogP contribution in [0, 0.1) is 0 Å². The van der Waals surface area contributed by atoms with Gasteiger partial charge in [-0.3, -0.25) is 0 Å². The molecule has 0 aliphatic carbocycles. The van der Waals surface area contributed by atoms with Gasteiger partial charge in [-0.2, -0.15) is 0 Å². The largest absolute Gasteiger partial charge is 0.396 e. The lowest BCUT2D eigenvalue weighted by Gasteiger charge is -2.03. The second-order valence-corrected chi connectivity index (χ2v) is 3.63. The van der Waals surface area contributed by atoms with Crippen LogP contribution in [0.2, 0.25) is 0 Å². The Morgan fingerprint density at radius 1 is 1.20 bits per heavy atom. The normalized spacial score (nSPS) is 11.1. The third-order valence-electron chi connectivity index (χ3n) is 2.85. The number of aryl methyl sites for hydroxylation is 1. The standard InChI is InChI=1S/C12H15NO2/c1-13-11-5-3-2-4-9(11)10(8-15)12(13)6-7-14/h2-5,14-15H,6-8H2,1H3. The van der Waals surface area contributed by atoms with Gasteiger partial charge in [0, 0.05) is 42.2 Å². The lowest BCUT2D eigenvalue weighted by atomic mass is 10.1. The molecule has 0 unspecified atom stereocenters. The summed E-state index contributed by atoms with van der Waals surface area (Å²) in [5, 5.41) is 19.4. The Kier molecular flexibility index (Phi) is 2.75. The van der Waals surface area contributed by atoms with Crippen molar-refractivity contribution in [1.82, 2.24) is 4.57 Å². The van der Waals surface area contributed by atoms with Gasteiger partial charge in [-0.25, -0.2) is 0 Å². The summed E-state index contributed by atoms with van der Waals surface area (Å²) in [6.45, 7) is 0.133. The van der Waals surface area contributed by atoms with Crippen molar-refractivity contribution in [1.29, 1.82) is 0 Å². The maximum atomic E-state index is 9.36. The molecule has 0 spiro atoms. The molecule has 0 aliphatic rings. The molecule has 0 aliphatic heterocycles. The summed E-state index contributed by atoms with van der Waals surface area (Å²) >= 11 is 0. The van der Waals surface area contributed by atoms with Crippen molar-refractivity contribution in [3.05, 3.63) is 35.5 Å². The predicted octanol–water partition coefficient (Wildman–Crippen LogP) is 1.21. The van der Waals surface area contributed by atoms with Gasteiger partial charge in [-0.1, -0.05) is 18.2 Å². The van der Waals surface area contributed by atoms with E-state index in [1.54, 1.807) is 0 Å². The number of aliphatic hydroxyl groups excluding tert-OH is 2. The van der Waals surface area contributed by atoms with E-state index in [4.69, 9.17) is 5.11 Å². The molecule has 2 aromatic rings. The number of hydrogen-bond donors (Lipinski definition) is 2. The van der Waals surface area contributed by atoms with Gasteiger partial charge in [0.15, 0.2) is 0 Å². The number of fused-ring (bicyclic) bond motifs is 1. The van der Waals surface area contributed by atoms with Crippen LogP contribution in [0.5, 0.6) is 0 Å². The second kappa shape index (κ2) is 4.04. The van der Waals surface area contributed by atoms with Crippen molar-refractivity contribution < 1.29 is 10.2 Å². The van der Waals surface area contributed by atoms with Gasteiger partial charge in [-0.15, -0.1) is 0 Å². The monoisotopic (exact) mass is 205 g/mol. The third kappa shape index (κ3) is 1.54. The van der Waals surface area contributed by atoms with Gasteiger partial charge < -0.3 is 14.8 Å². The fourth-order valence-corrected chi connectivity index (χ4v) is 2.13. The van der Waals surface area contributed by atoms with Gasteiger partial charge in [0.05, 0.1) is 6.61 Å². The zero-order valence-corrected chi connectivity index (χ0v) is 8.77. The van der Waals surface area contributed by atoms with Crippen LogP contribution in [0.1, 0.15) is 11.3 Å². The molecule has 80 valence electrons. The molecule has 0 fully saturated rings. The maximum absolute atomic E-state index is 9.36. The van der Waals surface area contributed by atoms with Crippen molar-refractivity contribution in [3.63, 3.8) is 0 Å². The zero-order chi connectivity index (χ0) is 10.8. The van der Waals surface area contributed by atoms with Crippen LogP contribution in [-0.4, -0.2) is 21.4 Å². The fourth-order valence-electron chi connectivity index (χ4n) is 2.13. The summed E-state index contributed by atoms with van der Waals surface area (Å²) < 4.78 is 2.04. The molecular formula is C12H15NO2. The number of nitrogens with zero attached hydrogens (tertiary/aromatic N) is 1. The Labute approximate surface area is 88.6 Å². The lowest BCUT2D eigenvalue weighted by Crippen LogP contribution is -2.02. The topological polar surface area (TPSA) is 45.4 Å². The minimum absolute atomic E-state index is 0.0245. The average molecular weight is 205 g/mol. The summed E-state index contributed by atoms with van der Waals surface area (Å²) in [6.07, 6.45) is 0.584. The number of hydrogen-bond acceptors (Lipinski definition) is 2. The van der Waals surface area contributed by atoms with Gasteiger partial charge in [-0.05, 0) is 6.07 Å². The van der Waals surface area contributed by atoms with E-state index in [2.05, 4.69) is 0 Å². The zero-order valence-electron chi connectivity index (χ0n) is 8.77. The first kappa shape index (κ1) is 10.2. The van der Waals surface area contributed by atoms with E-state index in [0.717, 1.165) is 22.2 Å². The summed E-state index contributed by atoms with van der Waals surface area (Å²) in [7, 11) is 1.96. The molecule has 0 radical (unpaired) electrons. The van der Waals surface area contributed by atoms with Gasteiger partial charge in [0.2, 0.25) is 0 Å². The SMILES string of the molecule is Cn1c(CCO)c(CO)c2ccccc21. The van der Waals surface area contributed by atoms with Crippen LogP contribution in [-0.2, 0) is 20.1 Å². The molecule has 0 saturated heterocycles. The molecule has 2 rings (SSSR count). The highest BCUT2D eigenvalue weighted by Crippen LogP contribution is 2.25. The highest BCUT2D eigenvalue weighted by atomic mass is 16.3. The average Bonchev–Trinajstić information content (AvgIpc) is 2.54. The summed E-state index contributed by atoms with van der Waals surface area (Å²) in [5.41, 5.74) is 3.05. The van der Waals surface area contributed by atoms with Crippen LogP contribution < -0.4 is 0 Å². The van der Waals surface area contributed by atoms with Crippen LogP contribution in [0.15, 0.2) is 24.3 Å². The van der Waals surface area contributed by atoms with E-state index in [-0.39, 0.29) is 13.2 Å². The molecule has 0 saturated carbocycles. The van der Waals surface area contributed by atoms with E-state index in [9.17, 15) is 5.11 Å². The highest BCUT2D eigenvalue weighted by Gasteiger charge is 2.12. The molecule has 1 aromatic heterocycles. The Hall–Kier alpha value is -1.32. The first-order valence-corrected chi connectivity index (χ1v) is 5.06. The van der Waals surface area contributed by atoms with Crippen LogP contribution in [0.4, 0.5) is 0 Å². The predicted molar refractivity (Wildman–Crippen MR) is 59.6 cm³/mol. The van der Waals surface area contributed by atoms with Gasteiger partial charge in [0.1, 0.15) is 0 Å². The van der Waals surface area contributed by atoms with E-state index in [0.29, 0.717) is 6.42 Å². The molecule has 2 N–H and O–H groups in total. The van der Waals surface area contributed by atoms with Gasteiger partial charge >= 0.3 is 0 Å². The smallest absolute Gasteiger partial charge is 0.0705 e. The summed E-state index contributed by atoms with van der Waals surface area (Å²) in [5.74, 6) is 0. The van der Waals surface area contributed by atoms with Crippen molar-refractivity contribution in [3.8, 4) is 0 Å². The van der Waals surface area contributed by atoms with Gasteiger partial charge in [0.25, 0.3) is 0 Å². The fraction of sp³-hybridized carbons (Fsp3) is 0.333. The van der Waals surface area contributed by atoms with Crippen molar-refractivity contribution in [2.24, 2.45) is 7.05 Å². The molecule has 0 amide bonds. The number of aromatic nitrogens is 1. The van der Waals surface area contributed by atoms with Crippen molar-refractivity contribution in [2.45, 2.75) is 13.0 Å². The Morgan fingerprint density at radius 3 is 2.60 bits per heavy atom. The Balaban J connectivity index is 2.72. The molecule has 0 bridgehead atoms. The van der Waals surface area contributed by atoms with Crippen LogP contribution in [0.3, 0.4) is 0 Å². The molecule has 1 heterocycles. The number of benzene rings is 1. The van der Waals surface area contributed by atoms with Crippen molar-refractivity contribution in [2.75, 3.05) is 6.61 Å². The summed E-state index contributed by atoms with van der Waals surface area (Å²) in [4.78, 5) is 0. The van der Waals surface area contributed by atoms with Crippen LogP contribution >= 0.6 is 0 Å². The molecule has 15 heavy (non-hydrogen) atoms. The number of aliphatic hydroxyl groups is 2. The minimum Gasteiger partial charge on any atom is -0.396 e.